The summed E-state index contributed by atoms with van der Waals surface area (Å²) >= 11 is 5.73. The molecular formula is C8H9ClFNO2. The van der Waals surface area contributed by atoms with Crippen LogP contribution in [0.1, 0.15) is 0 Å². The van der Waals surface area contributed by atoms with Crippen LogP contribution in [0.15, 0.2) is 6.07 Å². The smallest absolute Gasteiger partial charge is 0.191 e. The Hall–Kier alpha value is -1.16. The lowest BCUT2D eigenvalue weighted by molar-refractivity contribution is 0.380. The van der Waals surface area contributed by atoms with Crippen molar-refractivity contribution in [3.63, 3.8) is 0 Å². The molecule has 1 aromatic rings. The molecule has 5 heteroatoms. The molecule has 0 atom stereocenters. The number of nitrogens with two attached hydrogens (primary N) is 1. The molecule has 72 valence electrons. The van der Waals surface area contributed by atoms with E-state index in [1.165, 1.54) is 20.3 Å². The number of methoxy groups -OCH3 is 2. The van der Waals surface area contributed by atoms with Gasteiger partial charge in [-0.2, -0.15) is 0 Å². The fourth-order valence-corrected chi connectivity index (χ4v) is 1.24. The van der Waals surface area contributed by atoms with Gasteiger partial charge in [-0.25, -0.2) is 4.39 Å². The quantitative estimate of drug-likeness (QED) is 0.752. The molecule has 1 rings (SSSR count). The first-order chi connectivity index (χ1) is 6.11. The zero-order valence-corrected chi connectivity index (χ0v) is 7.98. The van der Waals surface area contributed by atoms with Gasteiger partial charge in [0.1, 0.15) is 5.69 Å². The summed E-state index contributed by atoms with van der Waals surface area (Å²) in [6.45, 7) is 0. The first kappa shape index (κ1) is 9.92. The van der Waals surface area contributed by atoms with E-state index in [9.17, 15) is 4.39 Å². The molecule has 0 aliphatic carbocycles. The fraction of sp³-hybridized carbons (Fsp3) is 0.250. The summed E-state index contributed by atoms with van der Waals surface area (Å²) in [4.78, 5) is 0. The number of ether oxygens (including phenoxy) is 2. The Morgan fingerprint density at radius 1 is 1.38 bits per heavy atom. The summed E-state index contributed by atoms with van der Waals surface area (Å²) in [6.07, 6.45) is 0. The maximum Gasteiger partial charge on any atom is 0.191 e. The summed E-state index contributed by atoms with van der Waals surface area (Å²) in [6, 6.07) is 1.31. The molecule has 0 radical (unpaired) electrons. The van der Waals surface area contributed by atoms with E-state index in [1.807, 2.05) is 0 Å². The Kier molecular flexibility index (Phi) is 2.83. The number of rotatable bonds is 2. The van der Waals surface area contributed by atoms with Gasteiger partial charge in [-0.05, 0) is 0 Å². The van der Waals surface area contributed by atoms with Gasteiger partial charge in [0.25, 0.3) is 0 Å². The van der Waals surface area contributed by atoms with Crippen molar-refractivity contribution < 1.29 is 13.9 Å². The molecule has 0 bridgehead atoms. The minimum absolute atomic E-state index is 0.00306. The second kappa shape index (κ2) is 3.70. The van der Waals surface area contributed by atoms with Gasteiger partial charge in [0.15, 0.2) is 17.3 Å². The van der Waals surface area contributed by atoms with Gasteiger partial charge in [0.2, 0.25) is 0 Å². The zero-order chi connectivity index (χ0) is 10.0. The Morgan fingerprint density at radius 2 is 2.00 bits per heavy atom. The molecule has 0 saturated heterocycles. The lowest BCUT2D eigenvalue weighted by atomic mass is 10.2. The lowest BCUT2D eigenvalue weighted by Crippen LogP contribution is -1.99. The Labute approximate surface area is 80.2 Å². The third-order valence-corrected chi connectivity index (χ3v) is 1.88. The number of hydrogen-bond acceptors (Lipinski definition) is 3. The summed E-state index contributed by atoms with van der Waals surface area (Å²) in [5.41, 5.74) is 5.26. The minimum atomic E-state index is -0.663. The molecule has 0 saturated carbocycles. The Morgan fingerprint density at radius 3 is 2.46 bits per heavy atom. The van der Waals surface area contributed by atoms with Gasteiger partial charge in [0.05, 0.1) is 19.2 Å². The van der Waals surface area contributed by atoms with Crippen molar-refractivity contribution in [3.8, 4) is 11.5 Å². The van der Waals surface area contributed by atoms with Crippen LogP contribution in [0.5, 0.6) is 11.5 Å². The molecule has 0 aliphatic heterocycles. The van der Waals surface area contributed by atoms with Crippen molar-refractivity contribution in [2.75, 3.05) is 20.0 Å². The molecule has 0 aromatic heterocycles. The zero-order valence-electron chi connectivity index (χ0n) is 7.23. The molecule has 2 N–H and O–H groups in total. The second-order valence-electron chi connectivity index (χ2n) is 2.32. The summed E-state index contributed by atoms with van der Waals surface area (Å²) < 4.78 is 22.8. The van der Waals surface area contributed by atoms with Crippen LogP contribution in [0.25, 0.3) is 0 Å². The van der Waals surface area contributed by atoms with Crippen LogP contribution in [0.4, 0.5) is 10.1 Å². The molecule has 0 amide bonds. The molecule has 0 spiro atoms. The minimum Gasteiger partial charge on any atom is -0.494 e. The number of nitrogen functional groups attached to an aromatic ring is 1. The molecule has 0 aliphatic rings. The molecule has 0 unspecified atom stereocenters. The van der Waals surface area contributed by atoms with Crippen LogP contribution in [-0.2, 0) is 0 Å². The van der Waals surface area contributed by atoms with E-state index in [2.05, 4.69) is 0 Å². The molecular weight excluding hydrogens is 197 g/mol. The van der Waals surface area contributed by atoms with Gasteiger partial charge < -0.3 is 15.2 Å². The summed E-state index contributed by atoms with van der Waals surface area (Å²) in [5, 5.41) is 0.221. The van der Waals surface area contributed by atoms with E-state index < -0.39 is 5.82 Å². The largest absolute Gasteiger partial charge is 0.494 e. The van der Waals surface area contributed by atoms with Crippen LogP contribution in [0.3, 0.4) is 0 Å². The highest BCUT2D eigenvalue weighted by molar-refractivity contribution is 6.32. The number of hydrogen-bond donors (Lipinski definition) is 1. The highest BCUT2D eigenvalue weighted by Crippen LogP contribution is 2.38. The fourth-order valence-electron chi connectivity index (χ4n) is 0.961. The summed E-state index contributed by atoms with van der Waals surface area (Å²) in [7, 11) is 2.70. The predicted octanol–water partition coefficient (Wildman–Crippen LogP) is 2.08. The van der Waals surface area contributed by atoms with Crippen LogP contribution >= 0.6 is 11.6 Å². The van der Waals surface area contributed by atoms with Crippen molar-refractivity contribution >= 4 is 17.3 Å². The van der Waals surface area contributed by atoms with Crippen molar-refractivity contribution in [2.45, 2.75) is 0 Å². The van der Waals surface area contributed by atoms with E-state index in [4.69, 9.17) is 26.8 Å². The number of benzene rings is 1. The molecule has 0 heterocycles. The average Bonchev–Trinajstić information content (AvgIpc) is 2.12. The maximum absolute atomic E-state index is 13.2. The van der Waals surface area contributed by atoms with Crippen molar-refractivity contribution in [1.82, 2.24) is 0 Å². The monoisotopic (exact) mass is 205 g/mol. The molecule has 13 heavy (non-hydrogen) atoms. The SMILES string of the molecule is COc1cc(Cl)c(OC)c(N)c1F. The first-order valence-electron chi connectivity index (χ1n) is 3.47. The van der Waals surface area contributed by atoms with Gasteiger partial charge in [-0.1, -0.05) is 11.6 Å². The predicted molar refractivity (Wildman–Crippen MR) is 48.9 cm³/mol. The van der Waals surface area contributed by atoms with Crippen LogP contribution in [-0.4, -0.2) is 14.2 Å². The van der Waals surface area contributed by atoms with Crippen molar-refractivity contribution in [1.29, 1.82) is 0 Å². The van der Waals surface area contributed by atoms with E-state index in [0.29, 0.717) is 0 Å². The Bertz CT molecular complexity index is 330. The molecule has 0 fully saturated rings. The lowest BCUT2D eigenvalue weighted by Gasteiger charge is -2.10. The second-order valence-corrected chi connectivity index (χ2v) is 2.73. The third kappa shape index (κ3) is 1.62. The van der Waals surface area contributed by atoms with E-state index in [1.54, 1.807) is 0 Å². The summed E-state index contributed by atoms with van der Waals surface area (Å²) in [5.74, 6) is -0.535. The normalized spacial score (nSPS) is 9.85. The average molecular weight is 206 g/mol. The third-order valence-electron chi connectivity index (χ3n) is 1.60. The number of anilines is 1. The van der Waals surface area contributed by atoms with E-state index in [-0.39, 0.29) is 22.2 Å². The molecule has 1 aromatic carbocycles. The van der Waals surface area contributed by atoms with Crippen LogP contribution < -0.4 is 15.2 Å². The Balaban J connectivity index is 3.37. The highest BCUT2D eigenvalue weighted by Gasteiger charge is 2.15. The first-order valence-corrected chi connectivity index (χ1v) is 3.85. The topological polar surface area (TPSA) is 44.5 Å². The standard InChI is InChI=1S/C8H9ClFNO2/c1-12-5-3-4(9)8(13-2)7(11)6(5)10/h3H,11H2,1-2H3. The van der Waals surface area contributed by atoms with Crippen LogP contribution in [0, 0.1) is 5.82 Å². The maximum atomic E-state index is 13.2. The van der Waals surface area contributed by atoms with Gasteiger partial charge >= 0.3 is 0 Å². The molecule has 3 nitrogen and oxygen atoms in total. The van der Waals surface area contributed by atoms with Crippen molar-refractivity contribution in [2.24, 2.45) is 0 Å². The van der Waals surface area contributed by atoms with Crippen molar-refractivity contribution in [3.05, 3.63) is 16.9 Å². The number of halogens is 2. The van der Waals surface area contributed by atoms with E-state index in [0.717, 1.165) is 0 Å². The van der Waals surface area contributed by atoms with E-state index >= 15 is 0 Å². The van der Waals surface area contributed by atoms with Crippen LogP contribution in [0.2, 0.25) is 5.02 Å². The highest BCUT2D eigenvalue weighted by atomic mass is 35.5. The van der Waals surface area contributed by atoms with Gasteiger partial charge in [0, 0.05) is 6.07 Å². The van der Waals surface area contributed by atoms with Gasteiger partial charge in [-0.3, -0.25) is 0 Å². The van der Waals surface area contributed by atoms with Gasteiger partial charge in [-0.15, -0.1) is 0 Å².